The summed E-state index contributed by atoms with van der Waals surface area (Å²) < 4.78 is 1.09. The van der Waals surface area contributed by atoms with E-state index in [0.717, 1.165) is 47.0 Å². The van der Waals surface area contributed by atoms with Gasteiger partial charge in [0.15, 0.2) is 0 Å². The smallest absolute Gasteiger partial charge is 0.135 e. The Kier molecular flexibility index (Phi) is 5.56. The standard InChI is InChI=1S/C16H21BrN4/c1-4-8-18-15-11(2)16(21-12(3)20-15)19-10-13-6-5-7-14(17)9-13/h5-7,9H,4,8,10H2,1-3H3,(H2,18,19,20,21). The topological polar surface area (TPSA) is 49.8 Å². The van der Waals surface area contributed by atoms with E-state index in [1.165, 1.54) is 5.56 Å². The molecule has 2 aromatic rings. The van der Waals surface area contributed by atoms with Gasteiger partial charge in [0.1, 0.15) is 17.5 Å². The normalized spacial score (nSPS) is 10.5. The summed E-state index contributed by atoms with van der Waals surface area (Å²) in [5.41, 5.74) is 2.27. The van der Waals surface area contributed by atoms with Gasteiger partial charge >= 0.3 is 0 Å². The number of benzene rings is 1. The second-order valence-corrected chi connectivity index (χ2v) is 5.92. The summed E-state index contributed by atoms with van der Waals surface area (Å²) in [6, 6.07) is 8.26. The number of aromatic nitrogens is 2. The second-order valence-electron chi connectivity index (χ2n) is 5.00. The van der Waals surface area contributed by atoms with Crippen LogP contribution in [0.5, 0.6) is 0 Å². The summed E-state index contributed by atoms with van der Waals surface area (Å²) in [5, 5.41) is 6.75. The van der Waals surface area contributed by atoms with E-state index in [0.29, 0.717) is 0 Å². The fraction of sp³-hybridized carbons (Fsp3) is 0.375. The predicted octanol–water partition coefficient (Wildman–Crippen LogP) is 4.29. The van der Waals surface area contributed by atoms with Gasteiger partial charge < -0.3 is 10.6 Å². The van der Waals surface area contributed by atoms with Gasteiger partial charge in [-0.25, -0.2) is 9.97 Å². The van der Waals surface area contributed by atoms with E-state index in [2.05, 4.69) is 55.6 Å². The number of aryl methyl sites for hydroxylation is 1. The SMILES string of the molecule is CCCNc1nc(C)nc(NCc2cccc(Br)c2)c1C. The van der Waals surface area contributed by atoms with Gasteiger partial charge in [-0.2, -0.15) is 0 Å². The third-order valence-electron chi connectivity index (χ3n) is 3.15. The molecule has 0 atom stereocenters. The van der Waals surface area contributed by atoms with Crippen molar-refractivity contribution < 1.29 is 0 Å². The van der Waals surface area contributed by atoms with Crippen LogP contribution in [0.4, 0.5) is 11.6 Å². The molecule has 1 heterocycles. The maximum atomic E-state index is 4.51. The largest absolute Gasteiger partial charge is 0.370 e. The van der Waals surface area contributed by atoms with Crippen molar-refractivity contribution in [2.45, 2.75) is 33.7 Å². The van der Waals surface area contributed by atoms with Crippen molar-refractivity contribution in [2.24, 2.45) is 0 Å². The number of anilines is 2. The molecule has 0 fully saturated rings. The minimum absolute atomic E-state index is 0.740. The van der Waals surface area contributed by atoms with Gasteiger partial charge in [-0.05, 0) is 38.0 Å². The molecule has 0 aliphatic carbocycles. The zero-order valence-electron chi connectivity index (χ0n) is 12.7. The van der Waals surface area contributed by atoms with Crippen LogP contribution in [0.1, 0.15) is 30.3 Å². The van der Waals surface area contributed by atoms with Gasteiger partial charge in [0.2, 0.25) is 0 Å². The molecular weight excluding hydrogens is 328 g/mol. The quantitative estimate of drug-likeness (QED) is 0.817. The molecule has 0 saturated carbocycles. The first-order chi connectivity index (χ1) is 10.1. The van der Waals surface area contributed by atoms with Crippen LogP contribution in [-0.2, 0) is 6.54 Å². The monoisotopic (exact) mass is 348 g/mol. The lowest BCUT2D eigenvalue weighted by atomic mass is 10.2. The van der Waals surface area contributed by atoms with Gasteiger partial charge in [0, 0.05) is 23.1 Å². The Balaban J connectivity index is 2.14. The first kappa shape index (κ1) is 15.8. The molecule has 1 aromatic carbocycles. The van der Waals surface area contributed by atoms with E-state index in [1.807, 2.05) is 26.0 Å². The molecule has 0 amide bonds. The molecule has 21 heavy (non-hydrogen) atoms. The highest BCUT2D eigenvalue weighted by atomic mass is 79.9. The molecule has 4 nitrogen and oxygen atoms in total. The molecule has 0 spiro atoms. The average Bonchev–Trinajstić information content (AvgIpc) is 2.46. The van der Waals surface area contributed by atoms with Crippen molar-refractivity contribution in [2.75, 3.05) is 17.2 Å². The van der Waals surface area contributed by atoms with Crippen molar-refractivity contribution in [1.82, 2.24) is 9.97 Å². The first-order valence-electron chi connectivity index (χ1n) is 7.17. The highest BCUT2D eigenvalue weighted by Crippen LogP contribution is 2.21. The van der Waals surface area contributed by atoms with Crippen molar-refractivity contribution in [3.8, 4) is 0 Å². The molecule has 1 aromatic heterocycles. The number of halogens is 1. The highest BCUT2D eigenvalue weighted by Gasteiger charge is 2.08. The molecular formula is C16H21BrN4. The highest BCUT2D eigenvalue weighted by molar-refractivity contribution is 9.10. The van der Waals surface area contributed by atoms with E-state index in [4.69, 9.17) is 0 Å². The van der Waals surface area contributed by atoms with Gasteiger partial charge in [-0.3, -0.25) is 0 Å². The number of hydrogen-bond acceptors (Lipinski definition) is 4. The van der Waals surface area contributed by atoms with Crippen LogP contribution in [0, 0.1) is 13.8 Å². The van der Waals surface area contributed by atoms with E-state index < -0.39 is 0 Å². The van der Waals surface area contributed by atoms with Gasteiger partial charge in [-0.15, -0.1) is 0 Å². The molecule has 0 saturated heterocycles. The molecule has 0 unspecified atom stereocenters. The Morgan fingerprint density at radius 1 is 1.10 bits per heavy atom. The number of rotatable bonds is 6. The number of hydrogen-bond donors (Lipinski definition) is 2. The first-order valence-corrected chi connectivity index (χ1v) is 7.97. The number of nitrogens with one attached hydrogen (secondary N) is 2. The molecule has 5 heteroatoms. The van der Waals surface area contributed by atoms with Crippen LogP contribution in [0.2, 0.25) is 0 Å². The Labute approximate surface area is 134 Å². The summed E-state index contributed by atoms with van der Waals surface area (Å²) in [6.07, 6.45) is 1.07. The van der Waals surface area contributed by atoms with Crippen LogP contribution in [0.15, 0.2) is 28.7 Å². The molecule has 112 valence electrons. The molecule has 0 aliphatic rings. The maximum Gasteiger partial charge on any atom is 0.135 e. The summed E-state index contributed by atoms with van der Waals surface area (Å²) >= 11 is 3.49. The zero-order valence-corrected chi connectivity index (χ0v) is 14.3. The molecule has 2 rings (SSSR count). The van der Waals surface area contributed by atoms with Crippen molar-refractivity contribution in [1.29, 1.82) is 0 Å². The summed E-state index contributed by atoms with van der Waals surface area (Å²) in [7, 11) is 0. The van der Waals surface area contributed by atoms with Crippen LogP contribution in [0.25, 0.3) is 0 Å². The zero-order chi connectivity index (χ0) is 15.2. The molecule has 0 radical (unpaired) electrons. The molecule has 0 aliphatic heterocycles. The van der Waals surface area contributed by atoms with Gasteiger partial charge in [0.05, 0.1) is 0 Å². The van der Waals surface area contributed by atoms with Crippen molar-refractivity contribution in [3.63, 3.8) is 0 Å². The summed E-state index contributed by atoms with van der Waals surface area (Å²) in [5.74, 6) is 2.58. The second kappa shape index (κ2) is 7.41. The molecule has 0 bridgehead atoms. The fourth-order valence-electron chi connectivity index (χ4n) is 2.05. The Hall–Kier alpha value is -1.62. The van der Waals surface area contributed by atoms with Crippen LogP contribution in [-0.4, -0.2) is 16.5 Å². The minimum atomic E-state index is 0.740. The van der Waals surface area contributed by atoms with Crippen LogP contribution in [0.3, 0.4) is 0 Å². The van der Waals surface area contributed by atoms with E-state index in [9.17, 15) is 0 Å². The van der Waals surface area contributed by atoms with E-state index in [-0.39, 0.29) is 0 Å². The van der Waals surface area contributed by atoms with Crippen molar-refractivity contribution in [3.05, 3.63) is 45.7 Å². The third kappa shape index (κ3) is 4.43. The lowest BCUT2D eigenvalue weighted by Gasteiger charge is -2.14. The average molecular weight is 349 g/mol. The third-order valence-corrected chi connectivity index (χ3v) is 3.64. The number of nitrogens with zero attached hydrogens (tertiary/aromatic N) is 2. The molecule has 2 N–H and O–H groups in total. The van der Waals surface area contributed by atoms with Crippen LogP contribution < -0.4 is 10.6 Å². The summed E-state index contributed by atoms with van der Waals surface area (Å²) in [4.78, 5) is 8.98. The van der Waals surface area contributed by atoms with Crippen molar-refractivity contribution >= 4 is 27.6 Å². The van der Waals surface area contributed by atoms with Gasteiger partial charge in [-0.1, -0.05) is 35.0 Å². The Morgan fingerprint density at radius 3 is 2.48 bits per heavy atom. The summed E-state index contributed by atoms with van der Waals surface area (Å²) in [6.45, 7) is 7.76. The minimum Gasteiger partial charge on any atom is -0.370 e. The predicted molar refractivity (Wildman–Crippen MR) is 91.8 cm³/mol. The van der Waals surface area contributed by atoms with Gasteiger partial charge in [0.25, 0.3) is 0 Å². The Bertz CT molecular complexity index is 613. The fourth-order valence-corrected chi connectivity index (χ4v) is 2.50. The lowest BCUT2D eigenvalue weighted by Crippen LogP contribution is -2.10. The van der Waals surface area contributed by atoms with E-state index >= 15 is 0 Å². The Morgan fingerprint density at radius 2 is 1.81 bits per heavy atom. The lowest BCUT2D eigenvalue weighted by molar-refractivity contribution is 0.942. The van der Waals surface area contributed by atoms with E-state index in [1.54, 1.807) is 0 Å². The van der Waals surface area contributed by atoms with Crippen LogP contribution >= 0.6 is 15.9 Å². The maximum absolute atomic E-state index is 4.51.